The summed E-state index contributed by atoms with van der Waals surface area (Å²) in [6.45, 7) is 3.13. The van der Waals surface area contributed by atoms with Crippen molar-refractivity contribution in [3.05, 3.63) is 60.7 Å². The van der Waals surface area contributed by atoms with Crippen LogP contribution < -0.4 is 5.73 Å². The molecule has 0 atom stereocenters. The Balaban J connectivity index is 0.000000255. The Labute approximate surface area is 192 Å². The van der Waals surface area contributed by atoms with E-state index in [9.17, 15) is 9.59 Å². The van der Waals surface area contributed by atoms with Gasteiger partial charge in [0.1, 0.15) is 12.4 Å². The minimum Gasteiger partial charge on any atom is -0.446 e. The highest BCUT2D eigenvalue weighted by atomic mass is 16.6. The summed E-state index contributed by atoms with van der Waals surface area (Å²) in [5.74, 6) is 0. The number of amides is 1. The van der Waals surface area contributed by atoms with Gasteiger partial charge in [-0.2, -0.15) is 0 Å². The van der Waals surface area contributed by atoms with Crippen molar-refractivity contribution in [2.24, 2.45) is 5.73 Å². The maximum atomic E-state index is 10.7. The highest BCUT2D eigenvalue weighted by molar-refractivity contribution is 5.64. The lowest BCUT2D eigenvalue weighted by Gasteiger charge is -2.31. The van der Waals surface area contributed by atoms with Crippen LogP contribution in [0.15, 0.2) is 60.7 Å². The summed E-state index contributed by atoms with van der Waals surface area (Å²) in [5.41, 5.74) is 7.57. The molecule has 32 heavy (non-hydrogen) atoms. The number of nitrogens with two attached hydrogens (primary N) is 1. The molecule has 5 nitrogen and oxygen atoms in total. The van der Waals surface area contributed by atoms with Gasteiger partial charge in [-0.3, -0.25) is 0 Å². The molecule has 0 bridgehead atoms. The van der Waals surface area contributed by atoms with E-state index in [1.807, 2.05) is 12.1 Å². The average molecular weight is 439 g/mol. The second kappa shape index (κ2) is 16.0. The quantitative estimate of drug-likeness (QED) is 0.354. The smallest absolute Gasteiger partial charge is 0.404 e. The van der Waals surface area contributed by atoms with Crippen molar-refractivity contribution in [3.63, 3.8) is 0 Å². The minimum atomic E-state index is -0.655. The van der Waals surface area contributed by atoms with Crippen LogP contribution in [-0.4, -0.2) is 43.0 Å². The molecular formula is C27H38N2O3. The van der Waals surface area contributed by atoms with Crippen molar-refractivity contribution in [1.82, 2.24) is 4.90 Å². The van der Waals surface area contributed by atoms with Crippen LogP contribution in [0, 0.1) is 0 Å². The molecule has 0 saturated carbocycles. The molecular weight excluding hydrogens is 400 g/mol. The number of rotatable bonds is 11. The highest BCUT2D eigenvalue weighted by Gasteiger charge is 2.20. The zero-order valence-corrected chi connectivity index (χ0v) is 19.2. The van der Waals surface area contributed by atoms with Gasteiger partial charge in [0.05, 0.1) is 0 Å². The first-order valence-electron chi connectivity index (χ1n) is 11.9. The number of unbranched alkanes of at least 4 members (excludes halogenated alkanes) is 6. The molecule has 174 valence electrons. The summed E-state index contributed by atoms with van der Waals surface area (Å²) in [6, 6.07) is 20.8. The fourth-order valence-electron chi connectivity index (χ4n) is 3.95. The highest BCUT2D eigenvalue weighted by Crippen LogP contribution is 2.17. The summed E-state index contributed by atoms with van der Waals surface area (Å²) in [4.78, 5) is 23.2. The Kier molecular flexibility index (Phi) is 12.8. The number of carbonyl (C=O) groups excluding carboxylic acids is 2. The number of likely N-dealkylation sites (tertiary alicyclic amines) is 1. The van der Waals surface area contributed by atoms with Crippen LogP contribution in [0.25, 0.3) is 11.1 Å². The summed E-state index contributed by atoms with van der Waals surface area (Å²) >= 11 is 0. The molecule has 0 unspecified atom stereocenters. The minimum absolute atomic E-state index is 0.0153. The van der Waals surface area contributed by atoms with E-state index in [0.717, 1.165) is 45.2 Å². The van der Waals surface area contributed by atoms with E-state index < -0.39 is 6.09 Å². The normalized spacial score (nSPS) is 14.2. The molecule has 3 rings (SSSR count). The molecule has 2 N–H and O–H groups in total. The van der Waals surface area contributed by atoms with Gasteiger partial charge in [0.25, 0.3) is 0 Å². The molecule has 0 spiro atoms. The topological polar surface area (TPSA) is 72.6 Å². The first kappa shape index (κ1) is 25.6. The van der Waals surface area contributed by atoms with Gasteiger partial charge in [0.15, 0.2) is 0 Å². The van der Waals surface area contributed by atoms with E-state index in [2.05, 4.69) is 53.4 Å². The number of carbonyl (C=O) groups is 2. The Morgan fingerprint density at radius 2 is 1.34 bits per heavy atom. The largest absolute Gasteiger partial charge is 0.446 e. The molecule has 5 heteroatoms. The summed E-state index contributed by atoms with van der Waals surface area (Å²) in [5, 5.41) is 0. The van der Waals surface area contributed by atoms with Gasteiger partial charge >= 0.3 is 6.09 Å². The molecule has 1 aliphatic rings. The van der Waals surface area contributed by atoms with Gasteiger partial charge in [0, 0.05) is 19.5 Å². The monoisotopic (exact) mass is 438 g/mol. The van der Waals surface area contributed by atoms with Gasteiger partial charge in [-0.05, 0) is 43.4 Å². The molecule has 1 aliphatic heterocycles. The zero-order valence-electron chi connectivity index (χ0n) is 19.2. The van der Waals surface area contributed by atoms with Crippen molar-refractivity contribution >= 4 is 12.4 Å². The molecule has 0 aliphatic carbocycles. The van der Waals surface area contributed by atoms with E-state index in [1.165, 1.54) is 43.2 Å². The Morgan fingerprint density at radius 1 is 0.844 bits per heavy atom. The van der Waals surface area contributed by atoms with Gasteiger partial charge in [-0.25, -0.2) is 4.79 Å². The lowest BCUT2D eigenvalue weighted by atomic mass is 10.1. The third kappa shape index (κ3) is 11.1. The number of benzene rings is 2. The van der Waals surface area contributed by atoms with Gasteiger partial charge < -0.3 is 20.2 Å². The van der Waals surface area contributed by atoms with Gasteiger partial charge in [0.2, 0.25) is 0 Å². The van der Waals surface area contributed by atoms with E-state index in [0.29, 0.717) is 6.42 Å². The van der Waals surface area contributed by atoms with Crippen LogP contribution in [0.4, 0.5) is 4.79 Å². The van der Waals surface area contributed by atoms with Crippen molar-refractivity contribution in [2.45, 2.75) is 63.9 Å². The molecule has 1 heterocycles. The standard InChI is InChI=1S/C15H28N2O3.C12H10/c16-15(19)20-14-8-11-17(12-9-14)10-6-4-2-1-3-5-7-13-18;1-3-7-11(8-4-1)12-9-5-2-6-10-12/h13-14H,1-12H2,(H2,16,19);1-10H. The van der Waals surface area contributed by atoms with E-state index in [-0.39, 0.29) is 6.10 Å². The molecule has 1 amide bonds. The number of nitrogens with zero attached hydrogens (tertiary/aromatic N) is 1. The van der Waals surface area contributed by atoms with Crippen molar-refractivity contribution in [2.75, 3.05) is 19.6 Å². The Hall–Kier alpha value is -2.66. The lowest BCUT2D eigenvalue weighted by Crippen LogP contribution is -2.39. The van der Waals surface area contributed by atoms with Crippen molar-refractivity contribution in [1.29, 1.82) is 0 Å². The summed E-state index contributed by atoms with van der Waals surface area (Å²) in [6.07, 6.45) is 10.1. The number of aldehydes is 1. The maximum absolute atomic E-state index is 10.7. The molecule has 2 aromatic rings. The number of hydrogen-bond donors (Lipinski definition) is 1. The van der Waals surface area contributed by atoms with Crippen LogP contribution in [-0.2, 0) is 9.53 Å². The SMILES string of the molecule is NC(=O)OC1CCN(CCCCCCCCC=O)CC1.c1ccc(-c2ccccc2)cc1. The second-order valence-electron chi connectivity index (χ2n) is 8.29. The predicted molar refractivity (Wildman–Crippen MR) is 130 cm³/mol. The first-order chi connectivity index (χ1) is 15.7. The van der Waals surface area contributed by atoms with E-state index >= 15 is 0 Å². The fraction of sp³-hybridized carbons (Fsp3) is 0.481. The van der Waals surface area contributed by atoms with Crippen LogP contribution in [0.1, 0.15) is 57.8 Å². The van der Waals surface area contributed by atoms with Crippen molar-refractivity contribution in [3.8, 4) is 11.1 Å². The molecule has 2 aromatic carbocycles. The van der Waals surface area contributed by atoms with Gasteiger partial charge in [-0.1, -0.05) is 86.3 Å². The van der Waals surface area contributed by atoms with Crippen molar-refractivity contribution < 1.29 is 14.3 Å². The number of hydrogen-bond acceptors (Lipinski definition) is 4. The summed E-state index contributed by atoms with van der Waals surface area (Å²) < 4.78 is 5.02. The first-order valence-corrected chi connectivity index (χ1v) is 11.9. The molecule has 1 fully saturated rings. The van der Waals surface area contributed by atoms with Crippen LogP contribution in [0.2, 0.25) is 0 Å². The van der Waals surface area contributed by atoms with Crippen LogP contribution in [0.3, 0.4) is 0 Å². The summed E-state index contributed by atoms with van der Waals surface area (Å²) in [7, 11) is 0. The Morgan fingerprint density at radius 3 is 1.84 bits per heavy atom. The van der Waals surface area contributed by atoms with E-state index in [1.54, 1.807) is 0 Å². The third-order valence-electron chi connectivity index (χ3n) is 5.74. The average Bonchev–Trinajstić information content (AvgIpc) is 2.83. The fourth-order valence-corrected chi connectivity index (χ4v) is 3.95. The molecule has 0 aromatic heterocycles. The number of piperidine rings is 1. The number of primary amides is 1. The molecule has 0 radical (unpaired) electrons. The van der Waals surface area contributed by atoms with E-state index in [4.69, 9.17) is 10.5 Å². The molecule has 1 saturated heterocycles. The third-order valence-corrected chi connectivity index (χ3v) is 5.74. The number of ether oxygens (including phenoxy) is 1. The van der Waals surface area contributed by atoms with Crippen LogP contribution in [0.5, 0.6) is 0 Å². The maximum Gasteiger partial charge on any atom is 0.404 e. The van der Waals surface area contributed by atoms with Crippen LogP contribution >= 0.6 is 0 Å². The lowest BCUT2D eigenvalue weighted by molar-refractivity contribution is -0.107. The second-order valence-corrected chi connectivity index (χ2v) is 8.29. The van der Waals surface area contributed by atoms with Gasteiger partial charge in [-0.15, -0.1) is 0 Å². The zero-order chi connectivity index (χ0) is 22.9. The Bertz CT molecular complexity index is 707. The predicted octanol–water partition coefficient (Wildman–Crippen LogP) is 5.83.